The molecule has 0 aromatic heterocycles. The van der Waals surface area contributed by atoms with Gasteiger partial charge in [-0.25, -0.2) is 0 Å². The Labute approximate surface area is 113 Å². The molecule has 2 rings (SSSR count). The van der Waals surface area contributed by atoms with Gasteiger partial charge in [0.05, 0.1) is 0 Å². The molecule has 0 amide bonds. The number of hydrogen-bond donors (Lipinski definition) is 0. The fourth-order valence-corrected chi connectivity index (χ4v) is 3.84. The smallest absolute Gasteiger partial charge is 0.102 e. The second kappa shape index (κ2) is 6.58. The van der Waals surface area contributed by atoms with Crippen LogP contribution in [0.15, 0.2) is 4.99 Å². The number of hydrogen-bond acceptors (Lipinski definition) is 1. The molecule has 1 heterocycles. The molecule has 0 bridgehead atoms. The second-order valence-electron chi connectivity index (χ2n) is 6.38. The molecule has 1 aliphatic heterocycles. The standard InChI is InChI=1S/C16H30N2/c1-4-17-16-15-10-6-8-13(2)7-5-9-14(15)11-12-18(16)3/h13-15H,4-12H2,1-3H3. The molecule has 0 N–H and O–H groups in total. The highest BCUT2D eigenvalue weighted by molar-refractivity contribution is 5.85. The first-order valence-corrected chi connectivity index (χ1v) is 7.97. The number of amidine groups is 1. The lowest BCUT2D eigenvalue weighted by atomic mass is 9.79. The molecule has 104 valence electrons. The quantitative estimate of drug-likeness (QED) is 0.687. The lowest BCUT2D eigenvalue weighted by molar-refractivity contribution is 0.251. The van der Waals surface area contributed by atoms with Crippen molar-refractivity contribution in [3.8, 4) is 0 Å². The van der Waals surface area contributed by atoms with Crippen molar-refractivity contribution in [2.45, 2.75) is 58.8 Å². The van der Waals surface area contributed by atoms with Crippen LogP contribution in [0.2, 0.25) is 0 Å². The van der Waals surface area contributed by atoms with Crippen molar-refractivity contribution in [3.05, 3.63) is 0 Å². The maximum absolute atomic E-state index is 4.81. The molecule has 0 aromatic carbocycles. The molecule has 0 radical (unpaired) electrons. The molecule has 2 fully saturated rings. The van der Waals surface area contributed by atoms with Gasteiger partial charge in [-0.05, 0) is 38.0 Å². The summed E-state index contributed by atoms with van der Waals surface area (Å²) in [5, 5.41) is 0. The van der Waals surface area contributed by atoms with Gasteiger partial charge in [0.2, 0.25) is 0 Å². The molecule has 0 aromatic rings. The Morgan fingerprint density at radius 2 is 1.83 bits per heavy atom. The van der Waals surface area contributed by atoms with E-state index in [0.29, 0.717) is 0 Å². The zero-order chi connectivity index (χ0) is 13.0. The summed E-state index contributed by atoms with van der Waals surface area (Å²) in [5.74, 6) is 4.03. The monoisotopic (exact) mass is 250 g/mol. The average Bonchev–Trinajstić information content (AvgIpc) is 2.43. The predicted octanol–water partition coefficient (Wildman–Crippen LogP) is 3.96. The van der Waals surface area contributed by atoms with E-state index in [-0.39, 0.29) is 0 Å². The molecule has 18 heavy (non-hydrogen) atoms. The Morgan fingerprint density at radius 1 is 1.11 bits per heavy atom. The Morgan fingerprint density at radius 3 is 2.56 bits per heavy atom. The summed E-state index contributed by atoms with van der Waals surface area (Å²) in [6.45, 7) is 6.76. The summed E-state index contributed by atoms with van der Waals surface area (Å²) in [6, 6.07) is 0. The van der Waals surface area contributed by atoms with Crippen LogP contribution in [0.5, 0.6) is 0 Å². The van der Waals surface area contributed by atoms with Crippen LogP contribution in [-0.2, 0) is 0 Å². The van der Waals surface area contributed by atoms with Crippen molar-refractivity contribution < 1.29 is 0 Å². The number of nitrogens with zero attached hydrogens (tertiary/aromatic N) is 2. The zero-order valence-electron chi connectivity index (χ0n) is 12.5. The number of rotatable bonds is 1. The minimum Gasteiger partial charge on any atom is -0.363 e. The van der Waals surface area contributed by atoms with E-state index < -0.39 is 0 Å². The van der Waals surface area contributed by atoms with Crippen molar-refractivity contribution in [2.75, 3.05) is 20.1 Å². The fraction of sp³-hybridized carbons (Fsp3) is 0.938. The molecule has 1 saturated carbocycles. The first-order valence-electron chi connectivity index (χ1n) is 7.97. The van der Waals surface area contributed by atoms with E-state index in [1.165, 1.54) is 57.3 Å². The van der Waals surface area contributed by atoms with Crippen molar-refractivity contribution >= 4 is 5.84 Å². The normalized spacial score (nSPS) is 36.7. The lowest BCUT2D eigenvalue weighted by Gasteiger charge is -2.39. The van der Waals surface area contributed by atoms with Crippen molar-refractivity contribution in [2.24, 2.45) is 22.7 Å². The number of aliphatic imine (C=N–C) groups is 1. The Kier molecular flexibility index (Phi) is 5.08. The topological polar surface area (TPSA) is 15.6 Å². The summed E-state index contributed by atoms with van der Waals surface area (Å²) < 4.78 is 0. The van der Waals surface area contributed by atoms with E-state index >= 15 is 0 Å². The first-order chi connectivity index (χ1) is 8.72. The number of likely N-dealkylation sites (tertiary alicyclic amines) is 1. The molecule has 3 unspecified atom stereocenters. The van der Waals surface area contributed by atoms with Gasteiger partial charge in [0, 0.05) is 26.1 Å². The highest BCUT2D eigenvalue weighted by Gasteiger charge is 2.32. The van der Waals surface area contributed by atoms with Crippen molar-refractivity contribution in [3.63, 3.8) is 0 Å². The molecular weight excluding hydrogens is 220 g/mol. The van der Waals surface area contributed by atoms with E-state index in [1.54, 1.807) is 0 Å². The summed E-state index contributed by atoms with van der Waals surface area (Å²) in [5.41, 5.74) is 0. The molecule has 2 aliphatic rings. The van der Waals surface area contributed by atoms with Crippen LogP contribution >= 0.6 is 0 Å². The minimum absolute atomic E-state index is 0.758. The largest absolute Gasteiger partial charge is 0.363 e. The van der Waals surface area contributed by atoms with E-state index in [2.05, 4.69) is 25.8 Å². The average molecular weight is 250 g/mol. The third-order valence-electron chi connectivity index (χ3n) is 4.93. The van der Waals surface area contributed by atoms with Gasteiger partial charge in [-0.15, -0.1) is 0 Å². The number of fused-ring (bicyclic) bond motifs is 1. The van der Waals surface area contributed by atoms with E-state index in [4.69, 9.17) is 4.99 Å². The van der Waals surface area contributed by atoms with E-state index in [1.807, 2.05) is 0 Å². The SMILES string of the molecule is CCN=C1C2CCCC(C)CCCC2CCN1C. The molecule has 3 atom stereocenters. The molecular formula is C16H30N2. The van der Waals surface area contributed by atoms with Crippen LogP contribution in [0.3, 0.4) is 0 Å². The second-order valence-corrected chi connectivity index (χ2v) is 6.38. The van der Waals surface area contributed by atoms with Gasteiger partial charge in [-0.2, -0.15) is 0 Å². The summed E-state index contributed by atoms with van der Waals surface area (Å²) in [6.07, 6.45) is 9.90. The zero-order valence-corrected chi connectivity index (χ0v) is 12.5. The summed E-state index contributed by atoms with van der Waals surface area (Å²) in [4.78, 5) is 7.24. The maximum atomic E-state index is 4.81. The van der Waals surface area contributed by atoms with Crippen molar-refractivity contribution in [1.82, 2.24) is 4.90 Å². The first kappa shape index (κ1) is 13.9. The highest BCUT2D eigenvalue weighted by atomic mass is 15.2. The van der Waals surface area contributed by atoms with Gasteiger partial charge in [0.25, 0.3) is 0 Å². The van der Waals surface area contributed by atoms with E-state index in [0.717, 1.165) is 24.3 Å². The molecule has 1 aliphatic carbocycles. The Balaban J connectivity index is 2.10. The Bertz CT molecular complexity index is 285. The Hall–Kier alpha value is -0.530. The van der Waals surface area contributed by atoms with Gasteiger partial charge in [0.1, 0.15) is 5.84 Å². The van der Waals surface area contributed by atoms with Gasteiger partial charge < -0.3 is 4.90 Å². The summed E-state index contributed by atoms with van der Waals surface area (Å²) in [7, 11) is 2.24. The van der Waals surface area contributed by atoms with Gasteiger partial charge in [0.15, 0.2) is 0 Å². The maximum Gasteiger partial charge on any atom is 0.102 e. The molecule has 2 heteroatoms. The van der Waals surface area contributed by atoms with Crippen LogP contribution in [0.4, 0.5) is 0 Å². The summed E-state index contributed by atoms with van der Waals surface area (Å²) >= 11 is 0. The number of piperidine rings is 1. The van der Waals surface area contributed by atoms with Crippen LogP contribution in [-0.4, -0.2) is 30.9 Å². The third kappa shape index (κ3) is 3.27. The van der Waals surface area contributed by atoms with Crippen LogP contribution in [0.1, 0.15) is 58.8 Å². The third-order valence-corrected chi connectivity index (χ3v) is 4.93. The van der Waals surface area contributed by atoms with Crippen LogP contribution in [0, 0.1) is 17.8 Å². The highest BCUT2D eigenvalue weighted by Crippen LogP contribution is 2.35. The molecule has 2 nitrogen and oxygen atoms in total. The minimum atomic E-state index is 0.758. The van der Waals surface area contributed by atoms with Crippen LogP contribution < -0.4 is 0 Å². The predicted molar refractivity (Wildman–Crippen MR) is 79.1 cm³/mol. The molecule has 0 spiro atoms. The van der Waals surface area contributed by atoms with Crippen molar-refractivity contribution in [1.29, 1.82) is 0 Å². The van der Waals surface area contributed by atoms with E-state index in [9.17, 15) is 0 Å². The fourth-order valence-electron chi connectivity index (χ4n) is 3.84. The lowest BCUT2D eigenvalue weighted by Crippen LogP contribution is -2.43. The molecule has 1 saturated heterocycles. The van der Waals surface area contributed by atoms with Crippen LogP contribution in [0.25, 0.3) is 0 Å². The van der Waals surface area contributed by atoms with Gasteiger partial charge in [-0.3, -0.25) is 4.99 Å². The van der Waals surface area contributed by atoms with Gasteiger partial charge >= 0.3 is 0 Å². The van der Waals surface area contributed by atoms with Gasteiger partial charge in [-0.1, -0.05) is 32.6 Å².